The maximum atomic E-state index is 13.4. The molecule has 0 saturated carbocycles. The number of rotatable bonds is 5. The molecule has 1 N–H and O–H groups in total. The van der Waals surface area contributed by atoms with Crippen molar-refractivity contribution >= 4 is 5.91 Å². The van der Waals surface area contributed by atoms with Crippen LogP contribution in [0.1, 0.15) is 15.9 Å². The van der Waals surface area contributed by atoms with E-state index >= 15 is 0 Å². The van der Waals surface area contributed by atoms with Crippen molar-refractivity contribution in [2.75, 3.05) is 13.2 Å². The molecular formula is C16H15F2NO2. The first-order chi connectivity index (χ1) is 10.1. The van der Waals surface area contributed by atoms with Crippen LogP contribution in [0.15, 0.2) is 42.5 Å². The molecule has 0 radical (unpaired) electrons. The number of ether oxygens (including phenoxy) is 1. The van der Waals surface area contributed by atoms with Crippen LogP contribution in [0.2, 0.25) is 0 Å². The maximum Gasteiger partial charge on any atom is 0.257 e. The normalized spacial score (nSPS) is 10.2. The molecule has 0 aliphatic carbocycles. The number of nitrogens with one attached hydrogen (secondary N) is 1. The van der Waals surface area contributed by atoms with Crippen molar-refractivity contribution in [1.82, 2.24) is 5.32 Å². The summed E-state index contributed by atoms with van der Waals surface area (Å²) in [6, 6.07) is 10.7. The van der Waals surface area contributed by atoms with E-state index < -0.39 is 23.1 Å². The molecule has 0 aliphatic rings. The molecule has 1 amide bonds. The van der Waals surface area contributed by atoms with Gasteiger partial charge in [-0.05, 0) is 31.2 Å². The van der Waals surface area contributed by atoms with Crippen molar-refractivity contribution < 1.29 is 18.3 Å². The second-order valence-corrected chi connectivity index (χ2v) is 4.51. The molecule has 2 aromatic rings. The molecule has 3 nitrogen and oxygen atoms in total. The second kappa shape index (κ2) is 6.83. The van der Waals surface area contributed by atoms with Gasteiger partial charge in [-0.2, -0.15) is 0 Å². The van der Waals surface area contributed by atoms with E-state index in [-0.39, 0.29) is 13.2 Å². The summed E-state index contributed by atoms with van der Waals surface area (Å²) in [6.07, 6.45) is 0. The summed E-state index contributed by atoms with van der Waals surface area (Å²) in [5.74, 6) is -1.89. The highest BCUT2D eigenvalue weighted by atomic mass is 19.1. The van der Waals surface area contributed by atoms with E-state index in [2.05, 4.69) is 5.32 Å². The van der Waals surface area contributed by atoms with Crippen LogP contribution < -0.4 is 10.1 Å². The Morgan fingerprint density at radius 1 is 1.10 bits per heavy atom. The fourth-order valence-corrected chi connectivity index (χ4v) is 1.77. The van der Waals surface area contributed by atoms with Crippen molar-refractivity contribution in [3.63, 3.8) is 0 Å². The van der Waals surface area contributed by atoms with E-state index in [0.29, 0.717) is 5.75 Å². The van der Waals surface area contributed by atoms with Crippen molar-refractivity contribution in [1.29, 1.82) is 0 Å². The van der Waals surface area contributed by atoms with E-state index in [1.54, 1.807) is 0 Å². The molecule has 0 fully saturated rings. The lowest BCUT2D eigenvalue weighted by molar-refractivity contribution is 0.0938. The minimum absolute atomic E-state index is 0.153. The summed E-state index contributed by atoms with van der Waals surface area (Å²) >= 11 is 0. The fourth-order valence-electron chi connectivity index (χ4n) is 1.77. The van der Waals surface area contributed by atoms with Gasteiger partial charge in [0.25, 0.3) is 5.91 Å². The summed E-state index contributed by atoms with van der Waals surface area (Å²) in [5, 5.41) is 2.42. The van der Waals surface area contributed by atoms with Crippen LogP contribution in [0.5, 0.6) is 5.75 Å². The molecule has 0 spiro atoms. The zero-order valence-corrected chi connectivity index (χ0v) is 11.5. The van der Waals surface area contributed by atoms with E-state index in [0.717, 1.165) is 17.7 Å². The largest absolute Gasteiger partial charge is 0.492 e. The monoisotopic (exact) mass is 291 g/mol. The van der Waals surface area contributed by atoms with E-state index in [9.17, 15) is 13.6 Å². The minimum atomic E-state index is -0.882. The van der Waals surface area contributed by atoms with Gasteiger partial charge in [-0.25, -0.2) is 8.78 Å². The van der Waals surface area contributed by atoms with Crippen molar-refractivity contribution in [3.8, 4) is 5.75 Å². The van der Waals surface area contributed by atoms with Crippen molar-refractivity contribution in [2.45, 2.75) is 6.92 Å². The number of halogens is 2. The molecule has 0 aliphatic heterocycles. The summed E-state index contributed by atoms with van der Waals surface area (Å²) in [5.41, 5.74) is 0.540. The van der Waals surface area contributed by atoms with Gasteiger partial charge in [-0.1, -0.05) is 23.8 Å². The highest BCUT2D eigenvalue weighted by Crippen LogP contribution is 2.12. The lowest BCUT2D eigenvalue weighted by Gasteiger charge is -2.09. The van der Waals surface area contributed by atoms with Gasteiger partial charge in [0.15, 0.2) is 0 Å². The highest BCUT2D eigenvalue weighted by molar-refractivity contribution is 5.94. The Morgan fingerprint density at radius 3 is 2.33 bits per heavy atom. The predicted octanol–water partition coefficient (Wildman–Crippen LogP) is 3.08. The number of hydrogen-bond donors (Lipinski definition) is 1. The molecule has 21 heavy (non-hydrogen) atoms. The highest BCUT2D eigenvalue weighted by Gasteiger charge is 2.16. The molecular weight excluding hydrogens is 276 g/mol. The number of carbonyl (C=O) groups is 1. The lowest BCUT2D eigenvalue weighted by atomic mass is 10.2. The first-order valence-electron chi connectivity index (χ1n) is 6.49. The Kier molecular flexibility index (Phi) is 4.87. The van der Waals surface area contributed by atoms with Crippen LogP contribution in [0, 0.1) is 18.6 Å². The van der Waals surface area contributed by atoms with Crippen LogP contribution in [0.25, 0.3) is 0 Å². The van der Waals surface area contributed by atoms with Gasteiger partial charge in [0.1, 0.15) is 29.6 Å². The van der Waals surface area contributed by atoms with Gasteiger partial charge < -0.3 is 10.1 Å². The van der Waals surface area contributed by atoms with Crippen molar-refractivity contribution in [2.24, 2.45) is 0 Å². The molecule has 0 heterocycles. The summed E-state index contributed by atoms with van der Waals surface area (Å²) in [4.78, 5) is 11.7. The Bertz CT molecular complexity index is 606. The fraction of sp³-hybridized carbons (Fsp3) is 0.188. The first kappa shape index (κ1) is 15.0. The third-order valence-corrected chi connectivity index (χ3v) is 2.87. The van der Waals surface area contributed by atoms with Crippen LogP contribution in [-0.2, 0) is 0 Å². The lowest BCUT2D eigenvalue weighted by Crippen LogP contribution is -2.29. The van der Waals surface area contributed by atoms with Gasteiger partial charge in [-0.15, -0.1) is 0 Å². The van der Waals surface area contributed by atoms with E-state index in [1.807, 2.05) is 31.2 Å². The Hall–Kier alpha value is -2.43. The topological polar surface area (TPSA) is 38.3 Å². The Labute approximate surface area is 121 Å². The standard InChI is InChI=1S/C16H15F2NO2/c1-11-5-7-12(8-6-11)21-10-9-19-16(20)15-13(17)3-2-4-14(15)18/h2-8H,9-10H2,1H3,(H,19,20). The SMILES string of the molecule is Cc1ccc(OCCNC(=O)c2c(F)cccc2F)cc1. The average molecular weight is 291 g/mol. The molecule has 0 saturated heterocycles. The van der Waals surface area contributed by atoms with Gasteiger partial charge in [0.2, 0.25) is 0 Å². The zero-order valence-electron chi connectivity index (χ0n) is 11.5. The van der Waals surface area contributed by atoms with Crippen LogP contribution in [0.3, 0.4) is 0 Å². The summed E-state index contributed by atoms with van der Waals surface area (Å²) in [6.45, 7) is 2.33. The maximum absolute atomic E-state index is 13.4. The van der Waals surface area contributed by atoms with Crippen LogP contribution in [0.4, 0.5) is 8.78 Å². The minimum Gasteiger partial charge on any atom is -0.492 e. The van der Waals surface area contributed by atoms with E-state index in [4.69, 9.17) is 4.74 Å². The average Bonchev–Trinajstić information content (AvgIpc) is 2.45. The number of aryl methyl sites for hydroxylation is 1. The van der Waals surface area contributed by atoms with Gasteiger partial charge in [-0.3, -0.25) is 4.79 Å². The zero-order chi connectivity index (χ0) is 15.2. The summed E-state index contributed by atoms with van der Waals surface area (Å²) < 4.78 is 32.2. The van der Waals surface area contributed by atoms with Crippen LogP contribution >= 0.6 is 0 Å². The molecule has 0 aromatic heterocycles. The first-order valence-corrected chi connectivity index (χ1v) is 6.49. The second-order valence-electron chi connectivity index (χ2n) is 4.51. The number of amides is 1. The third-order valence-electron chi connectivity index (χ3n) is 2.87. The Morgan fingerprint density at radius 2 is 1.71 bits per heavy atom. The molecule has 0 bridgehead atoms. The molecule has 2 aromatic carbocycles. The molecule has 5 heteroatoms. The molecule has 110 valence electrons. The van der Waals surface area contributed by atoms with Gasteiger partial charge in [0.05, 0.1) is 6.54 Å². The molecule has 2 rings (SSSR count). The number of benzene rings is 2. The van der Waals surface area contributed by atoms with Crippen molar-refractivity contribution in [3.05, 3.63) is 65.2 Å². The van der Waals surface area contributed by atoms with Gasteiger partial charge in [0, 0.05) is 0 Å². The molecule has 0 atom stereocenters. The summed E-state index contributed by atoms with van der Waals surface area (Å²) in [7, 11) is 0. The quantitative estimate of drug-likeness (QED) is 0.860. The number of hydrogen-bond acceptors (Lipinski definition) is 2. The number of carbonyl (C=O) groups excluding carboxylic acids is 1. The van der Waals surface area contributed by atoms with E-state index in [1.165, 1.54) is 6.07 Å². The van der Waals surface area contributed by atoms with Crippen LogP contribution in [-0.4, -0.2) is 19.1 Å². The molecule has 0 unspecified atom stereocenters. The predicted molar refractivity (Wildman–Crippen MR) is 75.4 cm³/mol. The van der Waals surface area contributed by atoms with Gasteiger partial charge >= 0.3 is 0 Å². The Balaban J connectivity index is 1.83. The third kappa shape index (κ3) is 4.02. The smallest absolute Gasteiger partial charge is 0.257 e.